The molecule has 2 aliphatic carbocycles. The van der Waals surface area contributed by atoms with E-state index in [0.717, 1.165) is 12.1 Å². The van der Waals surface area contributed by atoms with Crippen molar-refractivity contribution in [3.63, 3.8) is 0 Å². The third-order valence-corrected chi connectivity index (χ3v) is 7.39. The van der Waals surface area contributed by atoms with Gasteiger partial charge in [-0.15, -0.1) is 0 Å². The van der Waals surface area contributed by atoms with Gasteiger partial charge in [-0.3, -0.25) is 0 Å². The number of hydrogen-bond acceptors (Lipinski definition) is 9. The quantitative estimate of drug-likeness (QED) is 0.376. The molecule has 36 heavy (non-hydrogen) atoms. The summed E-state index contributed by atoms with van der Waals surface area (Å²) in [6, 6.07) is 1.64. The molecule has 1 aromatic rings. The lowest BCUT2D eigenvalue weighted by Gasteiger charge is -2.40. The van der Waals surface area contributed by atoms with Crippen molar-refractivity contribution in [2.75, 3.05) is 6.26 Å². The Balaban J connectivity index is 1.77. The summed E-state index contributed by atoms with van der Waals surface area (Å²) in [5.74, 6) is -10.1. The number of carboxylic acid groups (broad SMARTS) is 1. The molecule has 2 fully saturated rings. The van der Waals surface area contributed by atoms with Crippen LogP contribution in [0.1, 0.15) is 36.2 Å². The van der Waals surface area contributed by atoms with E-state index in [4.69, 9.17) is 19.3 Å². The predicted octanol–water partition coefficient (Wildman–Crippen LogP) is 0.876. The number of ether oxygens (including phenoxy) is 3. The highest BCUT2D eigenvalue weighted by atomic mass is 32.2. The fourth-order valence-electron chi connectivity index (χ4n) is 4.40. The molecule has 7 atom stereocenters. The number of aliphatic hydroxyl groups excluding tert-OH is 3. The third-order valence-electron chi connectivity index (χ3n) is 6.24. The summed E-state index contributed by atoms with van der Waals surface area (Å²) < 4.78 is 112. The van der Waals surface area contributed by atoms with Crippen LogP contribution in [0.3, 0.4) is 0 Å². The van der Waals surface area contributed by atoms with E-state index in [-0.39, 0.29) is 0 Å². The van der Waals surface area contributed by atoms with E-state index in [9.17, 15) is 37.3 Å². The van der Waals surface area contributed by atoms with Gasteiger partial charge in [-0.05, 0) is 12.1 Å². The number of carboxylic acids is 1. The van der Waals surface area contributed by atoms with Gasteiger partial charge in [0, 0.05) is 30.2 Å². The first-order valence-corrected chi connectivity index (χ1v) is 12.4. The molecule has 16 heteroatoms. The molecule has 1 aliphatic heterocycles. The minimum Gasteiger partial charge on any atom is -0.490 e. The number of rotatable bonds is 6. The molecule has 1 saturated carbocycles. The maximum atomic E-state index is 15.2. The Morgan fingerprint density at radius 1 is 1.06 bits per heavy atom. The first-order chi connectivity index (χ1) is 16.5. The molecule has 1 heterocycles. The van der Waals surface area contributed by atoms with Gasteiger partial charge in [-0.1, -0.05) is 0 Å². The maximum absolute atomic E-state index is 15.2. The Morgan fingerprint density at radius 2 is 1.67 bits per heavy atom. The average molecular weight is 548 g/mol. The summed E-state index contributed by atoms with van der Waals surface area (Å²) in [5, 5.41) is 39.0. The zero-order valence-electron chi connectivity index (χ0n) is 18.2. The van der Waals surface area contributed by atoms with Crippen LogP contribution in [0.15, 0.2) is 17.0 Å². The van der Waals surface area contributed by atoms with Crippen molar-refractivity contribution in [1.82, 2.24) is 0 Å². The van der Waals surface area contributed by atoms with E-state index in [1.165, 1.54) is 0 Å². The van der Waals surface area contributed by atoms with Gasteiger partial charge >= 0.3 is 11.9 Å². The molecule has 4 N–H and O–H groups in total. The summed E-state index contributed by atoms with van der Waals surface area (Å²) in [6.07, 6.45) is -19.5. The molecule has 0 unspecified atom stereocenters. The number of benzene rings is 1. The van der Waals surface area contributed by atoms with Crippen molar-refractivity contribution in [1.29, 1.82) is 0 Å². The van der Waals surface area contributed by atoms with Crippen LogP contribution in [-0.2, 0) is 24.1 Å². The number of alkyl halides is 5. The first-order valence-electron chi connectivity index (χ1n) is 10.5. The van der Waals surface area contributed by atoms with Crippen LogP contribution in [0, 0.1) is 0 Å². The topological polar surface area (TPSA) is 160 Å². The highest BCUT2D eigenvalue weighted by Gasteiger charge is 2.62. The smallest absolute Gasteiger partial charge is 0.335 e. The van der Waals surface area contributed by atoms with E-state index in [0.29, 0.717) is 6.26 Å². The third kappa shape index (κ3) is 4.43. The van der Waals surface area contributed by atoms with Gasteiger partial charge < -0.3 is 34.6 Å². The van der Waals surface area contributed by atoms with Gasteiger partial charge in [0.15, 0.2) is 34.5 Å². The Labute approximate surface area is 200 Å². The Kier molecular flexibility index (Phi) is 6.53. The van der Waals surface area contributed by atoms with Gasteiger partial charge in [0.2, 0.25) is 0 Å². The summed E-state index contributed by atoms with van der Waals surface area (Å²) in [6.45, 7) is 0. The molecular formula is C20H21F5O10S. The average Bonchev–Trinajstić information content (AvgIpc) is 2.92. The molecule has 1 aromatic carbocycles. The molecule has 0 aromatic heterocycles. The number of carbonyl (C=O) groups is 1. The molecule has 0 spiro atoms. The van der Waals surface area contributed by atoms with Crippen molar-refractivity contribution in [3.8, 4) is 5.75 Å². The molecule has 3 aliphatic rings. The number of hydrogen-bond donors (Lipinski definition) is 4. The van der Waals surface area contributed by atoms with Crippen molar-refractivity contribution in [3.05, 3.63) is 23.3 Å². The first kappa shape index (κ1) is 26.9. The van der Waals surface area contributed by atoms with Crippen LogP contribution < -0.4 is 4.74 Å². The van der Waals surface area contributed by atoms with E-state index >= 15 is 13.2 Å². The molecule has 0 radical (unpaired) electrons. The monoisotopic (exact) mass is 548 g/mol. The Morgan fingerprint density at radius 3 is 2.19 bits per heavy atom. The van der Waals surface area contributed by atoms with Gasteiger partial charge in [-0.2, -0.15) is 8.78 Å². The lowest BCUT2D eigenvalue weighted by atomic mass is 9.91. The number of aliphatic hydroxyl groups is 3. The molecule has 4 rings (SSSR count). The summed E-state index contributed by atoms with van der Waals surface area (Å²) in [7, 11) is -4.33. The van der Waals surface area contributed by atoms with Crippen molar-refractivity contribution in [2.24, 2.45) is 0 Å². The second-order valence-corrected chi connectivity index (χ2v) is 10.9. The second-order valence-electron chi connectivity index (χ2n) is 8.95. The van der Waals surface area contributed by atoms with Crippen LogP contribution in [0.4, 0.5) is 22.0 Å². The van der Waals surface area contributed by atoms with Crippen LogP contribution in [0.2, 0.25) is 0 Å². The highest BCUT2D eigenvalue weighted by molar-refractivity contribution is 7.90. The van der Waals surface area contributed by atoms with E-state index in [1.54, 1.807) is 0 Å². The number of fused-ring (bicyclic) bond motifs is 1. The van der Waals surface area contributed by atoms with E-state index in [1.807, 2.05) is 0 Å². The van der Waals surface area contributed by atoms with Crippen LogP contribution >= 0.6 is 0 Å². The zero-order valence-corrected chi connectivity index (χ0v) is 19.0. The van der Waals surface area contributed by atoms with E-state index < -0.39 is 111 Å². The van der Waals surface area contributed by atoms with Gasteiger partial charge in [0.1, 0.15) is 30.2 Å². The largest absolute Gasteiger partial charge is 0.490 e. The van der Waals surface area contributed by atoms with Gasteiger partial charge in [0.05, 0.1) is 4.90 Å². The fourth-order valence-corrected chi connectivity index (χ4v) is 5.33. The number of halogens is 5. The van der Waals surface area contributed by atoms with Gasteiger partial charge in [0.25, 0.3) is 5.92 Å². The Bertz CT molecular complexity index is 1150. The minimum atomic E-state index is -4.55. The van der Waals surface area contributed by atoms with Crippen LogP contribution in [-0.4, -0.2) is 89.7 Å². The fraction of sp³-hybridized carbons (Fsp3) is 0.650. The zero-order chi connectivity index (χ0) is 27.0. The minimum absolute atomic E-state index is 0.625. The summed E-state index contributed by atoms with van der Waals surface area (Å²) in [5.41, 5.74) is -1.93. The number of sulfone groups is 1. The molecule has 0 bridgehead atoms. The van der Waals surface area contributed by atoms with Crippen molar-refractivity contribution < 1.29 is 69.8 Å². The molecule has 0 amide bonds. The molecule has 202 valence electrons. The Hall–Kier alpha value is -2.11. The normalized spacial score (nSPS) is 35.6. The second kappa shape index (κ2) is 8.73. The van der Waals surface area contributed by atoms with Gasteiger partial charge in [-0.25, -0.2) is 26.4 Å². The molecular weight excluding hydrogens is 527 g/mol. The lowest BCUT2D eigenvalue weighted by molar-refractivity contribution is -0.324. The van der Waals surface area contributed by atoms with Crippen LogP contribution in [0.5, 0.6) is 5.75 Å². The summed E-state index contributed by atoms with van der Waals surface area (Å²) >= 11 is 0. The van der Waals surface area contributed by atoms with Crippen molar-refractivity contribution in [2.45, 2.75) is 78.7 Å². The highest BCUT2D eigenvalue weighted by Crippen LogP contribution is 2.59. The van der Waals surface area contributed by atoms with E-state index in [2.05, 4.69) is 0 Å². The van der Waals surface area contributed by atoms with Crippen molar-refractivity contribution >= 4 is 15.8 Å². The SMILES string of the molecule is CS(=O)(=O)c1ccc(OC2CC(F)(F)C2)c2c1[C@H](O[C@@H]1O[C@H](C(=O)O)[C@@H](O)[C@@H](O)[C@H]1O)C(F)(F)[C@@H]2F. The molecule has 1 saturated heterocycles. The summed E-state index contributed by atoms with van der Waals surface area (Å²) in [4.78, 5) is 10.5. The lowest BCUT2D eigenvalue weighted by Crippen LogP contribution is -2.60. The van der Waals surface area contributed by atoms with Crippen LogP contribution in [0.25, 0.3) is 0 Å². The number of aliphatic carboxylic acids is 1. The molecule has 10 nitrogen and oxygen atoms in total. The predicted molar refractivity (Wildman–Crippen MR) is 105 cm³/mol. The maximum Gasteiger partial charge on any atom is 0.335 e. The standard InChI is InChI=1S/C20H21F5O10S/c1-36(31,32)8-3-2-7(33-6-4-19(22,23)5-6)9-10(8)16(20(24,25)15(9)21)35-18-13(28)11(26)12(27)14(34-18)17(29)30/h2-3,6,11-16,18,26-28H,4-5H2,1H3,(H,29,30)/t11-,12+,13-,14+,15-,16+,18+/m1/s1.